The molecule has 1 amide bonds. The van der Waals surface area contributed by atoms with E-state index in [-0.39, 0.29) is 17.5 Å². The fourth-order valence-electron chi connectivity index (χ4n) is 2.60. The van der Waals surface area contributed by atoms with E-state index in [1.807, 2.05) is 0 Å². The largest absolute Gasteiger partial charge is 0.481 e. The first-order valence-corrected chi connectivity index (χ1v) is 7.68. The second-order valence-electron chi connectivity index (χ2n) is 5.75. The van der Waals surface area contributed by atoms with Crippen LogP contribution in [-0.2, 0) is 9.59 Å². The van der Waals surface area contributed by atoms with E-state index in [0.29, 0.717) is 19.3 Å². The standard InChI is InChI=1S/C16H18F3NO5/c17-16(18,19)9-25-13-4-2-1-3-12(13)24-8-14(21)20-11-6-5-10(7-11)15(22)23/h1-4,10-11H,5-9H2,(H,20,21)(H,22,23)/t10-,11+/m0/s1. The normalized spacial score (nSPS) is 20.1. The number of amides is 1. The number of nitrogens with one attached hydrogen (secondary N) is 1. The summed E-state index contributed by atoms with van der Waals surface area (Å²) in [5, 5.41) is 11.6. The predicted octanol–water partition coefficient (Wildman–Crippen LogP) is 2.38. The lowest BCUT2D eigenvalue weighted by Gasteiger charge is -2.15. The highest BCUT2D eigenvalue weighted by molar-refractivity contribution is 5.78. The highest BCUT2D eigenvalue weighted by atomic mass is 19.4. The molecule has 0 aliphatic heterocycles. The summed E-state index contributed by atoms with van der Waals surface area (Å²) >= 11 is 0. The van der Waals surface area contributed by atoms with Crippen LogP contribution in [0.3, 0.4) is 0 Å². The van der Waals surface area contributed by atoms with Gasteiger partial charge in [-0.15, -0.1) is 0 Å². The Hall–Kier alpha value is -2.45. The van der Waals surface area contributed by atoms with Gasteiger partial charge in [-0.1, -0.05) is 12.1 Å². The number of carboxylic acid groups (broad SMARTS) is 1. The number of hydrogen-bond acceptors (Lipinski definition) is 4. The molecular weight excluding hydrogens is 343 g/mol. The van der Waals surface area contributed by atoms with Gasteiger partial charge < -0.3 is 19.9 Å². The molecule has 25 heavy (non-hydrogen) atoms. The maximum absolute atomic E-state index is 12.2. The molecule has 6 nitrogen and oxygen atoms in total. The van der Waals surface area contributed by atoms with Gasteiger partial charge in [-0.3, -0.25) is 9.59 Å². The summed E-state index contributed by atoms with van der Waals surface area (Å²) in [6.45, 7) is -1.86. The molecule has 1 aromatic carbocycles. The molecule has 0 unspecified atom stereocenters. The fourth-order valence-corrected chi connectivity index (χ4v) is 2.60. The van der Waals surface area contributed by atoms with Crippen molar-refractivity contribution in [3.8, 4) is 11.5 Å². The van der Waals surface area contributed by atoms with Crippen LogP contribution < -0.4 is 14.8 Å². The van der Waals surface area contributed by atoms with Gasteiger partial charge in [0.25, 0.3) is 5.91 Å². The number of hydrogen-bond donors (Lipinski definition) is 2. The van der Waals surface area contributed by atoms with Crippen LogP contribution in [-0.4, -0.2) is 42.4 Å². The molecule has 2 rings (SSSR count). The summed E-state index contributed by atoms with van der Waals surface area (Å²) < 4.78 is 46.6. The zero-order valence-corrected chi connectivity index (χ0v) is 13.2. The van der Waals surface area contributed by atoms with Gasteiger partial charge in [0, 0.05) is 6.04 Å². The Morgan fingerprint density at radius 3 is 2.36 bits per heavy atom. The lowest BCUT2D eigenvalue weighted by Crippen LogP contribution is -2.36. The number of carbonyl (C=O) groups is 2. The van der Waals surface area contributed by atoms with Crippen LogP contribution in [0.25, 0.3) is 0 Å². The topological polar surface area (TPSA) is 84.9 Å². The third-order valence-corrected chi connectivity index (χ3v) is 3.75. The van der Waals surface area contributed by atoms with Crippen LogP contribution in [0.2, 0.25) is 0 Å². The van der Waals surface area contributed by atoms with Crippen molar-refractivity contribution in [2.45, 2.75) is 31.5 Å². The number of carboxylic acids is 1. The van der Waals surface area contributed by atoms with E-state index in [0.717, 1.165) is 0 Å². The Bertz CT molecular complexity index is 620. The molecule has 1 saturated carbocycles. The smallest absolute Gasteiger partial charge is 0.422 e. The Labute approximate surface area is 141 Å². The van der Waals surface area contributed by atoms with Crippen LogP contribution in [0.4, 0.5) is 13.2 Å². The molecule has 0 radical (unpaired) electrons. The second kappa shape index (κ2) is 8.09. The van der Waals surface area contributed by atoms with E-state index in [4.69, 9.17) is 9.84 Å². The molecule has 2 atom stereocenters. The first-order valence-electron chi connectivity index (χ1n) is 7.68. The van der Waals surface area contributed by atoms with Crippen molar-refractivity contribution >= 4 is 11.9 Å². The van der Waals surface area contributed by atoms with Crippen molar-refractivity contribution in [2.24, 2.45) is 5.92 Å². The third kappa shape index (κ3) is 6.17. The first kappa shape index (κ1) is 18.9. The van der Waals surface area contributed by atoms with E-state index in [2.05, 4.69) is 10.1 Å². The first-order chi connectivity index (χ1) is 11.7. The van der Waals surface area contributed by atoms with Gasteiger partial charge in [-0.25, -0.2) is 0 Å². The number of halogens is 3. The lowest BCUT2D eigenvalue weighted by molar-refractivity contribution is -0.153. The summed E-state index contributed by atoms with van der Waals surface area (Å²) in [6, 6.07) is 5.50. The van der Waals surface area contributed by atoms with Crippen molar-refractivity contribution in [3.63, 3.8) is 0 Å². The van der Waals surface area contributed by atoms with Crippen LogP contribution >= 0.6 is 0 Å². The SMILES string of the molecule is O=C(COc1ccccc1OCC(F)(F)F)N[C@@H]1CC[C@H](C(=O)O)C1. The zero-order chi connectivity index (χ0) is 18.4. The minimum Gasteiger partial charge on any atom is -0.481 e. The average molecular weight is 361 g/mol. The van der Waals surface area contributed by atoms with Gasteiger partial charge in [-0.05, 0) is 31.4 Å². The molecular formula is C16H18F3NO5. The molecule has 0 saturated heterocycles. The minimum absolute atomic E-state index is 0.0248. The predicted molar refractivity (Wildman–Crippen MR) is 80.4 cm³/mol. The Morgan fingerprint density at radius 1 is 1.16 bits per heavy atom. The van der Waals surface area contributed by atoms with Crippen molar-refractivity contribution in [2.75, 3.05) is 13.2 Å². The number of para-hydroxylation sites is 2. The van der Waals surface area contributed by atoms with Crippen molar-refractivity contribution in [3.05, 3.63) is 24.3 Å². The number of benzene rings is 1. The van der Waals surface area contributed by atoms with Crippen LogP contribution in [0.1, 0.15) is 19.3 Å². The Balaban J connectivity index is 1.83. The highest BCUT2D eigenvalue weighted by Gasteiger charge is 2.31. The van der Waals surface area contributed by atoms with Crippen LogP contribution in [0.15, 0.2) is 24.3 Å². The summed E-state index contributed by atoms with van der Waals surface area (Å²) in [4.78, 5) is 22.8. The highest BCUT2D eigenvalue weighted by Crippen LogP contribution is 2.29. The zero-order valence-electron chi connectivity index (χ0n) is 13.2. The average Bonchev–Trinajstić information content (AvgIpc) is 2.99. The van der Waals surface area contributed by atoms with E-state index in [1.54, 1.807) is 6.07 Å². The summed E-state index contributed by atoms with van der Waals surface area (Å²) in [7, 11) is 0. The molecule has 138 valence electrons. The molecule has 1 fully saturated rings. The van der Waals surface area contributed by atoms with Gasteiger partial charge in [0.05, 0.1) is 5.92 Å². The molecule has 0 bridgehead atoms. The second-order valence-corrected chi connectivity index (χ2v) is 5.75. The van der Waals surface area contributed by atoms with Crippen LogP contribution in [0, 0.1) is 5.92 Å². The van der Waals surface area contributed by atoms with Crippen molar-refractivity contribution in [1.82, 2.24) is 5.32 Å². The number of rotatable bonds is 7. The number of alkyl halides is 3. The molecule has 2 N–H and O–H groups in total. The maximum atomic E-state index is 12.2. The number of aliphatic carboxylic acids is 1. The van der Waals surface area contributed by atoms with Gasteiger partial charge in [-0.2, -0.15) is 13.2 Å². The van der Waals surface area contributed by atoms with Crippen molar-refractivity contribution in [1.29, 1.82) is 0 Å². The molecule has 0 spiro atoms. The fraction of sp³-hybridized carbons (Fsp3) is 0.500. The van der Waals surface area contributed by atoms with Crippen molar-refractivity contribution < 1.29 is 37.3 Å². The molecule has 9 heteroatoms. The van der Waals surface area contributed by atoms with Gasteiger partial charge in [0.2, 0.25) is 0 Å². The Kier molecular flexibility index (Phi) is 6.11. The maximum Gasteiger partial charge on any atom is 0.422 e. The quantitative estimate of drug-likeness (QED) is 0.779. The van der Waals surface area contributed by atoms with Gasteiger partial charge in [0.1, 0.15) is 0 Å². The Morgan fingerprint density at radius 2 is 1.80 bits per heavy atom. The van der Waals surface area contributed by atoms with E-state index in [1.165, 1.54) is 18.2 Å². The summed E-state index contributed by atoms with van der Waals surface area (Å²) in [5.74, 6) is -1.91. The van der Waals surface area contributed by atoms with E-state index in [9.17, 15) is 22.8 Å². The van der Waals surface area contributed by atoms with Gasteiger partial charge in [0.15, 0.2) is 24.7 Å². The van der Waals surface area contributed by atoms with Crippen LogP contribution in [0.5, 0.6) is 11.5 Å². The van der Waals surface area contributed by atoms with E-state index >= 15 is 0 Å². The summed E-state index contributed by atoms with van der Waals surface area (Å²) in [5.41, 5.74) is 0. The molecule has 1 aliphatic rings. The number of carbonyl (C=O) groups excluding carboxylic acids is 1. The summed E-state index contributed by atoms with van der Waals surface area (Å²) in [6.07, 6.45) is -3.07. The molecule has 1 aromatic rings. The van der Waals surface area contributed by atoms with E-state index < -0.39 is 37.2 Å². The molecule has 0 heterocycles. The monoisotopic (exact) mass is 361 g/mol. The molecule has 1 aliphatic carbocycles. The van der Waals surface area contributed by atoms with Gasteiger partial charge >= 0.3 is 12.1 Å². The lowest BCUT2D eigenvalue weighted by atomic mass is 10.1. The number of ether oxygens (including phenoxy) is 2. The minimum atomic E-state index is -4.48. The third-order valence-electron chi connectivity index (χ3n) is 3.75. The molecule has 0 aromatic heterocycles.